The van der Waals surface area contributed by atoms with Gasteiger partial charge in [-0.2, -0.15) is 5.10 Å². The number of benzene rings is 1. The molecular weight excluding hydrogens is 503 g/mol. The number of halogens is 1. The number of aromatic nitrogens is 2. The predicted molar refractivity (Wildman–Crippen MR) is 135 cm³/mol. The topological polar surface area (TPSA) is 65.8 Å². The number of aliphatic imine (C=N–C) groups is 1. The van der Waals surface area contributed by atoms with Crippen molar-refractivity contribution in [2.24, 2.45) is 12.0 Å². The Bertz CT molecular complexity index is 882. The van der Waals surface area contributed by atoms with E-state index in [2.05, 4.69) is 52.5 Å². The highest BCUT2D eigenvalue weighted by molar-refractivity contribution is 14.0. The summed E-state index contributed by atoms with van der Waals surface area (Å²) in [5, 5.41) is 7.97. The molecule has 8 heteroatoms. The third kappa shape index (κ3) is 6.44. The molecule has 0 atom stereocenters. The van der Waals surface area contributed by atoms with Crippen molar-refractivity contribution in [2.75, 3.05) is 20.6 Å². The maximum absolute atomic E-state index is 12.6. The van der Waals surface area contributed by atoms with Crippen LogP contribution in [-0.2, 0) is 31.5 Å². The molecule has 0 fully saturated rings. The van der Waals surface area contributed by atoms with Crippen LogP contribution >= 0.6 is 24.0 Å². The summed E-state index contributed by atoms with van der Waals surface area (Å²) < 4.78 is 1.87. The Hall–Kier alpha value is -2.10. The van der Waals surface area contributed by atoms with Crippen molar-refractivity contribution in [3.05, 3.63) is 52.8 Å². The molecule has 1 aliphatic heterocycles. The molecule has 0 spiro atoms. The maximum Gasteiger partial charge on any atom is 0.223 e. The maximum atomic E-state index is 12.6. The van der Waals surface area contributed by atoms with Crippen molar-refractivity contribution in [1.82, 2.24) is 24.9 Å². The van der Waals surface area contributed by atoms with E-state index in [4.69, 9.17) is 0 Å². The van der Waals surface area contributed by atoms with E-state index in [-0.39, 0.29) is 29.9 Å². The van der Waals surface area contributed by atoms with Crippen molar-refractivity contribution in [2.45, 2.75) is 52.2 Å². The summed E-state index contributed by atoms with van der Waals surface area (Å²) >= 11 is 0. The first-order valence-electron chi connectivity index (χ1n) is 10.7. The Labute approximate surface area is 202 Å². The molecule has 0 radical (unpaired) electrons. The zero-order chi connectivity index (χ0) is 21.7. The summed E-state index contributed by atoms with van der Waals surface area (Å²) in [6, 6.07) is 8.29. The number of rotatable bonds is 7. The van der Waals surface area contributed by atoms with E-state index in [0.717, 1.165) is 37.7 Å². The van der Waals surface area contributed by atoms with Crippen LogP contribution in [0, 0.1) is 0 Å². The molecule has 0 aliphatic carbocycles. The van der Waals surface area contributed by atoms with Gasteiger partial charge in [0.05, 0.1) is 5.69 Å². The van der Waals surface area contributed by atoms with Gasteiger partial charge < -0.3 is 15.1 Å². The van der Waals surface area contributed by atoms with Crippen molar-refractivity contribution in [1.29, 1.82) is 0 Å². The number of fused-ring (bicyclic) bond motifs is 1. The first-order chi connectivity index (χ1) is 14.4. The highest BCUT2D eigenvalue weighted by atomic mass is 127. The molecule has 0 saturated heterocycles. The summed E-state index contributed by atoms with van der Waals surface area (Å²) in [5.41, 5.74) is 4.86. The molecule has 2 heterocycles. The first-order valence-corrected chi connectivity index (χ1v) is 10.7. The molecule has 1 aliphatic rings. The number of hydrogen-bond acceptors (Lipinski definition) is 3. The van der Waals surface area contributed by atoms with Crippen molar-refractivity contribution in [3.63, 3.8) is 0 Å². The number of aryl methyl sites for hydroxylation is 1. The van der Waals surface area contributed by atoms with Crippen LogP contribution < -0.4 is 5.32 Å². The summed E-state index contributed by atoms with van der Waals surface area (Å²) in [7, 11) is 5.77. The van der Waals surface area contributed by atoms with Gasteiger partial charge in [-0.15, -0.1) is 24.0 Å². The van der Waals surface area contributed by atoms with E-state index >= 15 is 0 Å². The lowest BCUT2D eigenvalue weighted by molar-refractivity contribution is -0.131. The van der Waals surface area contributed by atoms with Crippen LogP contribution in [-0.4, -0.2) is 52.1 Å². The largest absolute Gasteiger partial charge is 0.356 e. The molecular formula is C23H35IN6O. The minimum absolute atomic E-state index is 0. The third-order valence-electron chi connectivity index (χ3n) is 5.51. The van der Waals surface area contributed by atoms with E-state index in [9.17, 15) is 4.79 Å². The molecule has 1 aromatic carbocycles. The Balaban J connectivity index is 0.00000341. The van der Waals surface area contributed by atoms with Crippen LogP contribution in [0.1, 0.15) is 55.0 Å². The fourth-order valence-electron chi connectivity index (χ4n) is 3.99. The highest BCUT2D eigenvalue weighted by Gasteiger charge is 2.22. The van der Waals surface area contributed by atoms with Crippen molar-refractivity contribution < 1.29 is 4.79 Å². The minimum atomic E-state index is 0. The number of nitrogens with zero attached hydrogens (tertiary/aromatic N) is 5. The summed E-state index contributed by atoms with van der Waals surface area (Å²) in [5.74, 6) is 1.43. The average Bonchev–Trinajstić information content (AvgIpc) is 3.31. The molecule has 7 nitrogen and oxygen atoms in total. The molecule has 0 unspecified atom stereocenters. The van der Waals surface area contributed by atoms with E-state index < -0.39 is 0 Å². The van der Waals surface area contributed by atoms with Gasteiger partial charge >= 0.3 is 0 Å². The van der Waals surface area contributed by atoms with Crippen molar-refractivity contribution >= 4 is 35.8 Å². The zero-order valence-electron chi connectivity index (χ0n) is 19.3. The lowest BCUT2D eigenvalue weighted by atomic mass is 10.1. The fraction of sp³-hybridized carbons (Fsp3) is 0.522. The summed E-state index contributed by atoms with van der Waals surface area (Å²) in [6.07, 6.45) is 3.40. The standard InChI is InChI=1S/C23H34N6O.HI/c1-17(2)22-20(14-28(5)26-22)13-27(4)23(24-3)25-12-8-11-21(30)29-15-18-9-6-7-10-19(18)16-29;/h6-7,9-10,14,17H,8,11-13,15-16H2,1-5H3,(H,24,25);1H. The number of amides is 1. The zero-order valence-corrected chi connectivity index (χ0v) is 21.6. The molecule has 3 rings (SSSR count). The lowest BCUT2D eigenvalue weighted by Crippen LogP contribution is -2.39. The van der Waals surface area contributed by atoms with Gasteiger partial charge in [-0.25, -0.2) is 0 Å². The van der Waals surface area contributed by atoms with Gasteiger partial charge in [0.2, 0.25) is 5.91 Å². The van der Waals surface area contributed by atoms with Gasteiger partial charge in [0.1, 0.15) is 0 Å². The van der Waals surface area contributed by atoms with Gasteiger partial charge in [0.15, 0.2) is 5.96 Å². The monoisotopic (exact) mass is 538 g/mol. The van der Waals surface area contributed by atoms with Crippen LogP contribution in [0.5, 0.6) is 0 Å². The highest BCUT2D eigenvalue weighted by Crippen LogP contribution is 2.23. The quantitative estimate of drug-likeness (QED) is 0.254. The van der Waals surface area contributed by atoms with E-state index in [1.807, 2.05) is 35.8 Å². The number of guanidine groups is 1. The van der Waals surface area contributed by atoms with Crippen LogP contribution in [0.2, 0.25) is 0 Å². The second-order valence-electron chi connectivity index (χ2n) is 8.32. The van der Waals surface area contributed by atoms with Crippen LogP contribution in [0.3, 0.4) is 0 Å². The number of nitrogens with one attached hydrogen (secondary N) is 1. The molecule has 0 saturated carbocycles. The third-order valence-corrected chi connectivity index (χ3v) is 5.51. The first kappa shape index (κ1) is 25.2. The number of carbonyl (C=O) groups excluding carboxylic acids is 1. The van der Waals surface area contributed by atoms with Gasteiger partial charge in [0, 0.05) is 65.5 Å². The fourth-order valence-corrected chi connectivity index (χ4v) is 3.99. The molecule has 0 bridgehead atoms. The van der Waals surface area contributed by atoms with Gasteiger partial charge in [-0.3, -0.25) is 14.5 Å². The van der Waals surface area contributed by atoms with Gasteiger partial charge in [0.25, 0.3) is 0 Å². The predicted octanol–water partition coefficient (Wildman–Crippen LogP) is 3.49. The SMILES string of the molecule is CN=C(NCCCC(=O)N1Cc2ccccc2C1)N(C)Cc1cn(C)nc1C(C)C.I. The minimum Gasteiger partial charge on any atom is -0.356 e. The normalized spacial score (nSPS) is 13.2. The second-order valence-corrected chi connectivity index (χ2v) is 8.32. The summed E-state index contributed by atoms with van der Waals surface area (Å²) in [4.78, 5) is 21.0. The van der Waals surface area contributed by atoms with Crippen LogP contribution in [0.25, 0.3) is 0 Å². The molecule has 1 N–H and O–H groups in total. The Kier molecular flexibility index (Phi) is 9.33. The van der Waals surface area contributed by atoms with E-state index in [1.165, 1.54) is 16.7 Å². The molecule has 2 aromatic rings. The number of hydrogen-bond donors (Lipinski definition) is 1. The average molecular weight is 538 g/mol. The van der Waals surface area contributed by atoms with Crippen LogP contribution in [0.15, 0.2) is 35.5 Å². The summed E-state index contributed by atoms with van der Waals surface area (Å²) in [6.45, 7) is 7.25. The Morgan fingerprint density at radius 2 is 1.90 bits per heavy atom. The molecule has 1 aromatic heterocycles. The molecule has 170 valence electrons. The Morgan fingerprint density at radius 3 is 2.48 bits per heavy atom. The second kappa shape index (κ2) is 11.5. The lowest BCUT2D eigenvalue weighted by Gasteiger charge is -2.22. The van der Waals surface area contributed by atoms with Gasteiger partial charge in [-0.05, 0) is 23.5 Å². The number of carbonyl (C=O) groups is 1. The van der Waals surface area contributed by atoms with E-state index in [0.29, 0.717) is 18.9 Å². The Morgan fingerprint density at radius 1 is 1.26 bits per heavy atom. The molecule has 31 heavy (non-hydrogen) atoms. The van der Waals surface area contributed by atoms with Crippen molar-refractivity contribution in [3.8, 4) is 0 Å². The smallest absolute Gasteiger partial charge is 0.223 e. The van der Waals surface area contributed by atoms with E-state index in [1.54, 1.807) is 7.05 Å². The van der Waals surface area contributed by atoms with Gasteiger partial charge in [-0.1, -0.05) is 38.1 Å². The van der Waals surface area contributed by atoms with Crippen LogP contribution in [0.4, 0.5) is 0 Å². The molecule has 1 amide bonds.